The third-order valence-corrected chi connectivity index (χ3v) is 5.91. The number of nitrogens with one attached hydrogen (secondary N) is 3. The molecule has 9 nitrogen and oxygen atoms in total. The van der Waals surface area contributed by atoms with E-state index in [1.54, 1.807) is 14.0 Å². The molecule has 0 bridgehead atoms. The zero-order valence-electron chi connectivity index (χ0n) is 20.8. The van der Waals surface area contributed by atoms with E-state index in [1.807, 2.05) is 24.3 Å². The van der Waals surface area contributed by atoms with Gasteiger partial charge in [0.25, 0.3) is 0 Å². The van der Waals surface area contributed by atoms with Crippen molar-refractivity contribution in [2.75, 3.05) is 33.3 Å². The van der Waals surface area contributed by atoms with Crippen LogP contribution in [0, 0.1) is 5.92 Å². The molecule has 1 aliphatic carbocycles. The summed E-state index contributed by atoms with van der Waals surface area (Å²) in [6.07, 6.45) is 4.20. The highest BCUT2D eigenvalue weighted by atomic mass is 16.5. The van der Waals surface area contributed by atoms with Crippen molar-refractivity contribution in [3.63, 3.8) is 0 Å². The molecule has 0 heterocycles. The minimum absolute atomic E-state index is 0.205. The Morgan fingerprint density at radius 1 is 1.26 bits per heavy atom. The van der Waals surface area contributed by atoms with Gasteiger partial charge in [-0.15, -0.1) is 0 Å². The standard InChI is InChI=1S/C25H40N4O5/c1-5-27-23(31)22(25(2,3)33)29(4)24(32)21(19-12-13-19)28-15-16-34-20-11-7-6-9-18(20)10-8-14-26-17-30/h6-7,9,11,17,19,21-22,28,33H,5,8,10,12-16H2,1-4H3,(H,26,30)(H,27,31). The Labute approximate surface area is 202 Å². The lowest BCUT2D eigenvalue weighted by Gasteiger charge is -2.37. The van der Waals surface area contributed by atoms with Crippen molar-refractivity contribution in [1.29, 1.82) is 0 Å². The summed E-state index contributed by atoms with van der Waals surface area (Å²) >= 11 is 0. The van der Waals surface area contributed by atoms with Crippen LogP contribution in [0.1, 0.15) is 45.6 Å². The van der Waals surface area contributed by atoms with E-state index in [0.717, 1.165) is 37.0 Å². The van der Waals surface area contributed by atoms with Gasteiger partial charge in [-0.3, -0.25) is 14.4 Å². The lowest BCUT2D eigenvalue weighted by Crippen LogP contribution is -2.61. The quantitative estimate of drug-likeness (QED) is 0.207. The molecular formula is C25H40N4O5. The van der Waals surface area contributed by atoms with Gasteiger partial charge in [0, 0.05) is 26.7 Å². The van der Waals surface area contributed by atoms with Crippen molar-refractivity contribution in [2.45, 2.75) is 64.1 Å². The summed E-state index contributed by atoms with van der Waals surface area (Å²) in [6.45, 7) is 6.76. The number of likely N-dealkylation sites (N-methyl/N-ethyl adjacent to an activating group) is 2. The van der Waals surface area contributed by atoms with Crippen LogP contribution in [0.5, 0.6) is 5.75 Å². The molecule has 0 aromatic heterocycles. The van der Waals surface area contributed by atoms with Crippen molar-refractivity contribution in [3.05, 3.63) is 29.8 Å². The number of nitrogens with zero attached hydrogens (tertiary/aromatic N) is 1. The Morgan fingerprint density at radius 3 is 2.59 bits per heavy atom. The van der Waals surface area contributed by atoms with Crippen LogP contribution in [0.2, 0.25) is 0 Å². The first-order valence-electron chi connectivity index (χ1n) is 12.1. The summed E-state index contributed by atoms with van der Waals surface area (Å²) in [6, 6.07) is 6.38. The zero-order chi connectivity index (χ0) is 25.1. The summed E-state index contributed by atoms with van der Waals surface area (Å²) in [5.41, 5.74) is -0.314. The van der Waals surface area contributed by atoms with Gasteiger partial charge in [0.1, 0.15) is 18.4 Å². The largest absolute Gasteiger partial charge is 0.492 e. The average molecular weight is 477 g/mol. The summed E-state index contributed by atoms with van der Waals surface area (Å²) in [7, 11) is 1.57. The van der Waals surface area contributed by atoms with Gasteiger partial charge in [-0.1, -0.05) is 18.2 Å². The number of carbonyl (C=O) groups excluding carboxylic acids is 3. The zero-order valence-corrected chi connectivity index (χ0v) is 20.8. The summed E-state index contributed by atoms with van der Waals surface area (Å²) < 4.78 is 5.98. The number of amides is 3. The van der Waals surface area contributed by atoms with E-state index in [2.05, 4.69) is 16.0 Å². The number of rotatable bonds is 16. The molecule has 3 amide bonds. The molecule has 2 unspecified atom stereocenters. The maximum atomic E-state index is 13.3. The van der Waals surface area contributed by atoms with Crippen molar-refractivity contribution in [3.8, 4) is 5.75 Å². The number of ether oxygens (including phenoxy) is 1. The van der Waals surface area contributed by atoms with Crippen molar-refractivity contribution in [2.24, 2.45) is 5.92 Å². The van der Waals surface area contributed by atoms with Crippen molar-refractivity contribution in [1.82, 2.24) is 20.9 Å². The molecule has 0 aliphatic heterocycles. The molecule has 190 valence electrons. The molecule has 2 atom stereocenters. The summed E-state index contributed by atoms with van der Waals surface area (Å²) in [5, 5.41) is 19.3. The van der Waals surface area contributed by atoms with Gasteiger partial charge in [0.05, 0.1) is 11.6 Å². The van der Waals surface area contributed by atoms with Gasteiger partial charge in [0.2, 0.25) is 18.2 Å². The van der Waals surface area contributed by atoms with Crippen molar-refractivity contribution >= 4 is 18.2 Å². The first-order chi connectivity index (χ1) is 16.2. The molecule has 0 radical (unpaired) electrons. The molecule has 34 heavy (non-hydrogen) atoms. The highest BCUT2D eigenvalue weighted by Gasteiger charge is 2.44. The summed E-state index contributed by atoms with van der Waals surface area (Å²) in [4.78, 5) is 37.7. The first kappa shape index (κ1) is 27.6. The fourth-order valence-corrected chi connectivity index (χ4v) is 4.14. The minimum atomic E-state index is -1.38. The molecule has 1 aromatic carbocycles. The molecular weight excluding hydrogens is 436 g/mol. The molecule has 1 saturated carbocycles. The van der Waals surface area contributed by atoms with Crippen molar-refractivity contribution < 1.29 is 24.2 Å². The highest BCUT2D eigenvalue weighted by Crippen LogP contribution is 2.34. The Balaban J connectivity index is 1.94. The van der Waals surface area contributed by atoms with E-state index in [4.69, 9.17) is 4.74 Å². The number of aryl methyl sites for hydroxylation is 1. The van der Waals surface area contributed by atoms with E-state index in [1.165, 1.54) is 18.7 Å². The molecule has 1 aromatic rings. The third kappa shape index (κ3) is 8.29. The van der Waals surface area contributed by atoms with Crippen LogP contribution in [0.25, 0.3) is 0 Å². The number of benzene rings is 1. The first-order valence-corrected chi connectivity index (χ1v) is 12.1. The van der Waals surface area contributed by atoms with E-state index in [0.29, 0.717) is 32.7 Å². The van der Waals surface area contributed by atoms with Crippen LogP contribution in [-0.4, -0.2) is 79.2 Å². The van der Waals surface area contributed by atoms with E-state index in [9.17, 15) is 19.5 Å². The topological polar surface area (TPSA) is 120 Å². The van der Waals surface area contributed by atoms with Crippen LogP contribution < -0.4 is 20.7 Å². The third-order valence-electron chi connectivity index (χ3n) is 5.91. The number of aliphatic hydroxyl groups is 1. The number of para-hydroxylation sites is 1. The van der Waals surface area contributed by atoms with Crippen LogP contribution in [0.4, 0.5) is 0 Å². The van der Waals surface area contributed by atoms with Gasteiger partial charge in [0.15, 0.2) is 0 Å². The Hall–Kier alpha value is -2.65. The van der Waals surface area contributed by atoms with E-state index in [-0.39, 0.29) is 17.7 Å². The van der Waals surface area contributed by atoms with Crippen LogP contribution in [-0.2, 0) is 20.8 Å². The van der Waals surface area contributed by atoms with Crippen LogP contribution in [0.15, 0.2) is 24.3 Å². The molecule has 4 N–H and O–H groups in total. The predicted molar refractivity (Wildman–Crippen MR) is 130 cm³/mol. The second-order valence-electron chi connectivity index (χ2n) is 9.30. The van der Waals surface area contributed by atoms with E-state index >= 15 is 0 Å². The SMILES string of the molecule is CCNC(=O)C(N(C)C(=O)C(NCCOc1ccccc1CCCNC=O)C1CC1)C(C)(C)O. The average Bonchev–Trinajstić information content (AvgIpc) is 3.61. The molecule has 0 saturated heterocycles. The normalized spacial score (nSPS) is 15.2. The number of hydrogen-bond acceptors (Lipinski definition) is 6. The second-order valence-corrected chi connectivity index (χ2v) is 9.30. The fourth-order valence-electron chi connectivity index (χ4n) is 4.14. The minimum Gasteiger partial charge on any atom is -0.492 e. The molecule has 0 spiro atoms. The number of hydrogen-bond donors (Lipinski definition) is 4. The highest BCUT2D eigenvalue weighted by molar-refractivity contribution is 5.90. The molecule has 9 heteroatoms. The lowest BCUT2D eigenvalue weighted by molar-refractivity contribution is -0.149. The lowest BCUT2D eigenvalue weighted by atomic mass is 9.95. The molecule has 1 aliphatic rings. The maximum Gasteiger partial charge on any atom is 0.245 e. The smallest absolute Gasteiger partial charge is 0.245 e. The van der Waals surface area contributed by atoms with Gasteiger partial charge < -0.3 is 30.7 Å². The Kier molecular flexibility index (Phi) is 10.8. The Bertz CT molecular complexity index is 807. The van der Waals surface area contributed by atoms with E-state index < -0.39 is 17.7 Å². The second kappa shape index (κ2) is 13.3. The van der Waals surface area contributed by atoms with Gasteiger partial charge >= 0.3 is 0 Å². The molecule has 2 rings (SSSR count). The van der Waals surface area contributed by atoms with Crippen LogP contribution in [0.3, 0.4) is 0 Å². The van der Waals surface area contributed by atoms with Crippen LogP contribution >= 0.6 is 0 Å². The predicted octanol–water partition coefficient (Wildman–Crippen LogP) is 0.846. The monoisotopic (exact) mass is 476 g/mol. The molecule has 1 fully saturated rings. The van der Waals surface area contributed by atoms with Gasteiger partial charge in [-0.25, -0.2) is 0 Å². The fraction of sp³-hybridized carbons (Fsp3) is 0.640. The summed E-state index contributed by atoms with van der Waals surface area (Å²) in [5.74, 6) is 0.428. The number of carbonyl (C=O) groups is 3. The van der Waals surface area contributed by atoms with Gasteiger partial charge in [-0.05, 0) is 64.0 Å². The maximum absolute atomic E-state index is 13.3. The Morgan fingerprint density at radius 2 is 1.97 bits per heavy atom. The van der Waals surface area contributed by atoms with Gasteiger partial charge in [-0.2, -0.15) is 0 Å².